The van der Waals surface area contributed by atoms with Gasteiger partial charge in [0, 0.05) is 11.9 Å². The Labute approximate surface area is 148 Å². The van der Waals surface area contributed by atoms with Gasteiger partial charge < -0.3 is 9.14 Å². The normalized spacial score (nSPS) is 10.9. The van der Waals surface area contributed by atoms with Gasteiger partial charge in [0.15, 0.2) is 0 Å². The molecule has 0 spiro atoms. The van der Waals surface area contributed by atoms with Crippen molar-refractivity contribution in [3.8, 4) is 10.4 Å². The van der Waals surface area contributed by atoms with E-state index in [4.69, 9.17) is 4.74 Å². The predicted octanol–water partition coefficient (Wildman–Crippen LogP) is 4.12. The number of thiazole rings is 1. The molecule has 4 aromatic rings. The molecule has 0 radical (unpaired) electrons. The number of pyridine rings is 1. The van der Waals surface area contributed by atoms with Gasteiger partial charge in [-0.25, -0.2) is 14.8 Å². The van der Waals surface area contributed by atoms with E-state index >= 15 is 0 Å². The fraction of sp³-hybridized carbons (Fsp3) is 0.105. The van der Waals surface area contributed by atoms with Crippen LogP contribution in [0.25, 0.3) is 16.0 Å². The van der Waals surface area contributed by atoms with E-state index in [0.29, 0.717) is 5.56 Å². The van der Waals surface area contributed by atoms with Gasteiger partial charge in [-0.3, -0.25) is 0 Å². The van der Waals surface area contributed by atoms with Crippen molar-refractivity contribution in [3.63, 3.8) is 0 Å². The zero-order valence-electron chi connectivity index (χ0n) is 13.5. The fourth-order valence-electron chi connectivity index (χ4n) is 2.66. The summed E-state index contributed by atoms with van der Waals surface area (Å²) < 4.78 is 7.31. The molecular formula is C19H15N3O2S. The number of hydrogen-bond acceptors (Lipinski definition) is 5. The van der Waals surface area contributed by atoms with Crippen LogP contribution >= 0.6 is 11.3 Å². The lowest BCUT2D eigenvalue weighted by atomic mass is 10.2. The highest BCUT2D eigenvalue weighted by molar-refractivity contribution is 7.15. The van der Waals surface area contributed by atoms with E-state index in [1.54, 1.807) is 18.6 Å². The summed E-state index contributed by atoms with van der Waals surface area (Å²) in [4.78, 5) is 21.9. The molecule has 3 heterocycles. The maximum Gasteiger partial charge on any atom is 0.340 e. The molecule has 6 heteroatoms. The lowest BCUT2D eigenvalue weighted by Crippen LogP contribution is -2.09. The first kappa shape index (κ1) is 15.5. The largest absolute Gasteiger partial charge is 0.455 e. The number of hydrogen-bond donors (Lipinski definition) is 0. The average molecular weight is 349 g/mol. The number of ether oxygens (including phenoxy) is 1. The summed E-state index contributed by atoms with van der Waals surface area (Å²) in [6.45, 7) is 2.04. The first-order chi connectivity index (χ1) is 12.2. The second-order valence-electron chi connectivity index (χ2n) is 5.58. The minimum absolute atomic E-state index is 0.164. The summed E-state index contributed by atoms with van der Waals surface area (Å²) in [6.07, 6.45) is 5.25. The first-order valence-electron chi connectivity index (χ1n) is 7.81. The molecule has 3 aromatic heterocycles. The number of rotatable bonds is 4. The number of carbonyl (C=O) groups excluding carboxylic acids is 1. The molecule has 4 rings (SSSR count). The van der Waals surface area contributed by atoms with Crippen LogP contribution in [-0.2, 0) is 11.3 Å². The Morgan fingerprint density at radius 2 is 2.00 bits per heavy atom. The van der Waals surface area contributed by atoms with Crippen LogP contribution in [0.5, 0.6) is 0 Å². The van der Waals surface area contributed by atoms with Crippen LogP contribution in [0.15, 0.2) is 61.2 Å². The van der Waals surface area contributed by atoms with Crippen LogP contribution in [-0.4, -0.2) is 20.3 Å². The zero-order valence-corrected chi connectivity index (χ0v) is 14.4. The molecular weight excluding hydrogens is 334 g/mol. The standard InChI is InChI=1S/C19H15N3O2S/c1-13-16(8-7-15-9-20-12-22(13)15)19(23)24-11-18-21-10-17(25-18)14-5-3-2-4-6-14/h2-10,12H,11H2,1H3. The Balaban J connectivity index is 1.48. The van der Waals surface area contributed by atoms with Crippen molar-refractivity contribution in [1.29, 1.82) is 0 Å². The van der Waals surface area contributed by atoms with Gasteiger partial charge in [0.2, 0.25) is 0 Å². The van der Waals surface area contributed by atoms with Crippen LogP contribution in [0.4, 0.5) is 0 Å². The van der Waals surface area contributed by atoms with Crippen molar-refractivity contribution in [2.45, 2.75) is 13.5 Å². The smallest absolute Gasteiger partial charge is 0.340 e. The number of esters is 1. The second-order valence-corrected chi connectivity index (χ2v) is 6.70. The number of imidazole rings is 1. The summed E-state index contributed by atoms with van der Waals surface area (Å²) in [7, 11) is 0. The van der Waals surface area contributed by atoms with Crippen LogP contribution in [0.2, 0.25) is 0 Å². The number of aromatic nitrogens is 3. The molecule has 25 heavy (non-hydrogen) atoms. The highest BCUT2D eigenvalue weighted by Gasteiger charge is 2.14. The van der Waals surface area contributed by atoms with Crippen LogP contribution in [0.1, 0.15) is 21.1 Å². The van der Waals surface area contributed by atoms with E-state index in [2.05, 4.69) is 9.97 Å². The number of aryl methyl sites for hydroxylation is 1. The molecule has 0 N–H and O–H groups in total. The third kappa shape index (κ3) is 3.04. The molecule has 0 aliphatic rings. The fourth-order valence-corrected chi connectivity index (χ4v) is 3.50. The van der Waals surface area contributed by atoms with Crippen molar-refractivity contribution >= 4 is 22.8 Å². The SMILES string of the molecule is Cc1c(C(=O)OCc2ncc(-c3ccccc3)s2)ccc2cncn12. The molecule has 124 valence electrons. The van der Waals surface area contributed by atoms with Crippen molar-refractivity contribution in [3.05, 3.63) is 77.5 Å². The molecule has 5 nitrogen and oxygen atoms in total. The molecule has 1 aromatic carbocycles. The molecule has 0 aliphatic heterocycles. The summed E-state index contributed by atoms with van der Waals surface area (Å²) >= 11 is 1.53. The molecule has 0 unspecified atom stereocenters. The van der Waals surface area contributed by atoms with Gasteiger partial charge in [-0.2, -0.15) is 0 Å². The van der Waals surface area contributed by atoms with Crippen LogP contribution in [0.3, 0.4) is 0 Å². The van der Waals surface area contributed by atoms with E-state index in [9.17, 15) is 4.79 Å². The monoisotopic (exact) mass is 349 g/mol. The topological polar surface area (TPSA) is 56.5 Å². The Hall–Kier alpha value is -2.99. The van der Waals surface area contributed by atoms with E-state index < -0.39 is 0 Å². The molecule has 0 atom stereocenters. The molecule has 0 fully saturated rings. The lowest BCUT2D eigenvalue weighted by molar-refractivity contribution is 0.0471. The average Bonchev–Trinajstić information content (AvgIpc) is 3.30. The van der Waals surface area contributed by atoms with Gasteiger partial charge >= 0.3 is 5.97 Å². The van der Waals surface area contributed by atoms with Crippen molar-refractivity contribution < 1.29 is 9.53 Å². The predicted molar refractivity (Wildman–Crippen MR) is 96.6 cm³/mol. The molecule has 0 saturated carbocycles. The van der Waals surface area contributed by atoms with Gasteiger partial charge in [0.1, 0.15) is 11.6 Å². The van der Waals surface area contributed by atoms with Gasteiger partial charge in [0.25, 0.3) is 0 Å². The Morgan fingerprint density at radius 1 is 1.16 bits per heavy atom. The summed E-state index contributed by atoms with van der Waals surface area (Å²) in [5.74, 6) is -0.357. The van der Waals surface area contributed by atoms with Crippen molar-refractivity contribution in [2.24, 2.45) is 0 Å². The van der Waals surface area contributed by atoms with Crippen molar-refractivity contribution in [2.75, 3.05) is 0 Å². The number of carbonyl (C=O) groups is 1. The van der Waals surface area contributed by atoms with E-state index in [0.717, 1.165) is 26.7 Å². The van der Waals surface area contributed by atoms with Gasteiger partial charge in [-0.05, 0) is 24.6 Å². The summed E-state index contributed by atoms with van der Waals surface area (Å²) in [5.41, 5.74) is 3.40. The maximum absolute atomic E-state index is 12.4. The van der Waals surface area contributed by atoms with Crippen LogP contribution < -0.4 is 0 Å². The Bertz CT molecular complexity index is 1040. The number of nitrogens with zero attached hydrogens (tertiary/aromatic N) is 3. The van der Waals surface area contributed by atoms with E-state index in [-0.39, 0.29) is 12.6 Å². The third-order valence-corrected chi connectivity index (χ3v) is 5.02. The molecule has 0 saturated heterocycles. The number of benzene rings is 1. The molecule has 0 bridgehead atoms. The zero-order chi connectivity index (χ0) is 17.2. The summed E-state index contributed by atoms with van der Waals surface area (Å²) in [6, 6.07) is 13.7. The highest BCUT2D eigenvalue weighted by atomic mass is 32.1. The molecule has 0 aliphatic carbocycles. The minimum atomic E-state index is -0.357. The van der Waals surface area contributed by atoms with E-state index in [1.807, 2.05) is 53.9 Å². The third-order valence-electron chi connectivity index (χ3n) is 4.00. The van der Waals surface area contributed by atoms with Gasteiger partial charge in [-0.1, -0.05) is 30.3 Å². The minimum Gasteiger partial charge on any atom is -0.455 e. The van der Waals surface area contributed by atoms with Crippen LogP contribution in [0, 0.1) is 6.92 Å². The Morgan fingerprint density at radius 3 is 2.84 bits per heavy atom. The number of fused-ring (bicyclic) bond motifs is 1. The first-order valence-corrected chi connectivity index (χ1v) is 8.63. The highest BCUT2D eigenvalue weighted by Crippen LogP contribution is 2.26. The molecule has 0 amide bonds. The van der Waals surface area contributed by atoms with E-state index in [1.165, 1.54) is 11.3 Å². The quantitative estimate of drug-likeness (QED) is 0.520. The lowest BCUT2D eigenvalue weighted by Gasteiger charge is -2.08. The second kappa shape index (κ2) is 6.49. The van der Waals surface area contributed by atoms with Crippen molar-refractivity contribution in [1.82, 2.24) is 14.4 Å². The Kier molecular flexibility index (Phi) is 4.03. The van der Waals surface area contributed by atoms with Gasteiger partial charge in [0.05, 0.1) is 28.5 Å². The maximum atomic E-state index is 12.4. The van der Waals surface area contributed by atoms with Gasteiger partial charge in [-0.15, -0.1) is 11.3 Å². The summed E-state index contributed by atoms with van der Waals surface area (Å²) in [5, 5.41) is 0.772.